The van der Waals surface area contributed by atoms with Crippen molar-refractivity contribution < 1.29 is 9.18 Å². The fourth-order valence-electron chi connectivity index (χ4n) is 2.70. The Morgan fingerprint density at radius 3 is 2.50 bits per heavy atom. The number of amides is 1. The highest BCUT2D eigenvalue weighted by atomic mass is 19.1. The Morgan fingerprint density at radius 2 is 1.81 bits per heavy atom. The van der Waals surface area contributed by atoms with E-state index in [1.54, 1.807) is 31.2 Å². The fourth-order valence-corrected chi connectivity index (χ4v) is 2.70. The van der Waals surface area contributed by atoms with E-state index in [0.29, 0.717) is 17.7 Å². The average Bonchev–Trinajstić information content (AvgIpc) is 2.65. The van der Waals surface area contributed by atoms with Crippen LogP contribution >= 0.6 is 0 Å². The minimum atomic E-state index is -0.774. The van der Waals surface area contributed by atoms with Crippen molar-refractivity contribution in [3.63, 3.8) is 0 Å². The molecular formula is C18H17FN4O3. The van der Waals surface area contributed by atoms with Gasteiger partial charge in [0.05, 0.1) is 5.52 Å². The summed E-state index contributed by atoms with van der Waals surface area (Å²) < 4.78 is 15.3. The van der Waals surface area contributed by atoms with Crippen molar-refractivity contribution in [1.82, 2.24) is 19.4 Å². The monoisotopic (exact) mass is 356 g/mol. The zero-order valence-electron chi connectivity index (χ0n) is 14.1. The fraction of sp³-hybridized carbons (Fsp3) is 0.222. The molecule has 0 aliphatic heterocycles. The summed E-state index contributed by atoms with van der Waals surface area (Å²) in [6.45, 7) is 1.94. The van der Waals surface area contributed by atoms with Gasteiger partial charge in [-0.2, -0.15) is 0 Å². The van der Waals surface area contributed by atoms with Crippen molar-refractivity contribution in [2.75, 3.05) is 0 Å². The van der Waals surface area contributed by atoms with Crippen LogP contribution in [-0.4, -0.2) is 20.0 Å². The highest BCUT2D eigenvalue weighted by molar-refractivity contribution is 5.78. The van der Waals surface area contributed by atoms with Crippen molar-refractivity contribution in [1.29, 1.82) is 0 Å². The summed E-state index contributed by atoms with van der Waals surface area (Å²) in [7, 11) is 0. The molecule has 3 aromatic rings. The number of benzene rings is 1. The lowest BCUT2D eigenvalue weighted by molar-refractivity contribution is -0.121. The van der Waals surface area contributed by atoms with Gasteiger partial charge in [-0.25, -0.2) is 9.37 Å². The van der Waals surface area contributed by atoms with Crippen LogP contribution in [0.25, 0.3) is 11.2 Å². The second-order valence-electron chi connectivity index (χ2n) is 5.69. The SMILES string of the molecule is CCn1c(=O)c(=O)n(CC(=O)NCc2ccc(F)cc2)c2cccnc21. The van der Waals surface area contributed by atoms with E-state index in [4.69, 9.17) is 0 Å². The molecule has 7 nitrogen and oxygen atoms in total. The summed E-state index contributed by atoms with van der Waals surface area (Å²) >= 11 is 0. The number of aryl methyl sites for hydroxylation is 1. The molecule has 2 aromatic heterocycles. The predicted octanol–water partition coefficient (Wildman–Crippen LogP) is 1.03. The number of pyridine rings is 1. The van der Waals surface area contributed by atoms with E-state index in [9.17, 15) is 18.8 Å². The molecule has 0 saturated carbocycles. The molecule has 0 saturated heterocycles. The molecule has 0 bridgehead atoms. The Kier molecular flexibility index (Phi) is 4.92. The highest BCUT2D eigenvalue weighted by Crippen LogP contribution is 2.07. The maximum atomic E-state index is 12.9. The average molecular weight is 356 g/mol. The van der Waals surface area contributed by atoms with Gasteiger partial charge in [0, 0.05) is 19.3 Å². The van der Waals surface area contributed by atoms with Gasteiger partial charge in [0.15, 0.2) is 5.65 Å². The van der Waals surface area contributed by atoms with E-state index in [1.807, 2.05) is 0 Å². The Morgan fingerprint density at radius 1 is 1.12 bits per heavy atom. The number of fused-ring (bicyclic) bond motifs is 1. The van der Waals surface area contributed by atoms with Crippen LogP contribution in [0.5, 0.6) is 0 Å². The third-order valence-corrected chi connectivity index (χ3v) is 4.01. The number of halogens is 1. The quantitative estimate of drug-likeness (QED) is 0.692. The number of carbonyl (C=O) groups excluding carboxylic acids is 1. The normalized spacial score (nSPS) is 10.8. The lowest BCUT2D eigenvalue weighted by atomic mass is 10.2. The summed E-state index contributed by atoms with van der Waals surface area (Å²) in [5.74, 6) is -0.794. The van der Waals surface area contributed by atoms with E-state index < -0.39 is 17.0 Å². The van der Waals surface area contributed by atoms with Crippen LogP contribution < -0.4 is 16.4 Å². The van der Waals surface area contributed by atoms with Crippen LogP contribution in [0.3, 0.4) is 0 Å². The van der Waals surface area contributed by atoms with E-state index in [-0.39, 0.29) is 18.9 Å². The standard InChI is InChI=1S/C18H17FN4O3/c1-2-22-16-14(4-3-9-20-16)23(18(26)17(22)25)11-15(24)21-10-12-5-7-13(19)8-6-12/h3-9H,2,10-11H2,1H3,(H,21,24). The van der Waals surface area contributed by atoms with Crippen molar-refractivity contribution in [2.24, 2.45) is 0 Å². The number of nitrogens with zero attached hydrogens (tertiary/aromatic N) is 3. The summed E-state index contributed by atoms with van der Waals surface area (Å²) in [5, 5.41) is 2.66. The minimum absolute atomic E-state index is 0.191. The Hall–Kier alpha value is -3.29. The highest BCUT2D eigenvalue weighted by Gasteiger charge is 2.15. The van der Waals surface area contributed by atoms with Crippen LogP contribution in [0.1, 0.15) is 12.5 Å². The molecule has 1 amide bonds. The second kappa shape index (κ2) is 7.30. The van der Waals surface area contributed by atoms with Gasteiger partial charge in [0.25, 0.3) is 0 Å². The van der Waals surface area contributed by atoms with Gasteiger partial charge in [-0.3, -0.25) is 23.5 Å². The van der Waals surface area contributed by atoms with Gasteiger partial charge in [-0.1, -0.05) is 12.1 Å². The van der Waals surface area contributed by atoms with Gasteiger partial charge in [-0.05, 0) is 36.8 Å². The lowest BCUT2D eigenvalue weighted by Crippen LogP contribution is -2.43. The number of nitrogens with one attached hydrogen (secondary N) is 1. The van der Waals surface area contributed by atoms with Gasteiger partial charge in [-0.15, -0.1) is 0 Å². The van der Waals surface area contributed by atoms with Crippen molar-refractivity contribution in [3.05, 3.63) is 74.7 Å². The van der Waals surface area contributed by atoms with E-state index in [1.165, 1.54) is 22.9 Å². The lowest BCUT2D eigenvalue weighted by Gasteiger charge is -2.13. The van der Waals surface area contributed by atoms with E-state index in [0.717, 1.165) is 10.1 Å². The first-order chi connectivity index (χ1) is 12.5. The first-order valence-electron chi connectivity index (χ1n) is 8.10. The van der Waals surface area contributed by atoms with Crippen molar-refractivity contribution in [3.8, 4) is 0 Å². The van der Waals surface area contributed by atoms with Gasteiger partial charge >= 0.3 is 11.1 Å². The van der Waals surface area contributed by atoms with Gasteiger partial charge < -0.3 is 5.32 Å². The van der Waals surface area contributed by atoms with Crippen LogP contribution in [0, 0.1) is 5.82 Å². The molecule has 3 rings (SSSR count). The molecule has 1 aromatic carbocycles. The van der Waals surface area contributed by atoms with Gasteiger partial charge in [0.1, 0.15) is 12.4 Å². The molecule has 0 spiro atoms. The van der Waals surface area contributed by atoms with Crippen LogP contribution in [0.4, 0.5) is 4.39 Å². The minimum Gasteiger partial charge on any atom is -0.350 e. The molecule has 0 aliphatic rings. The second-order valence-corrected chi connectivity index (χ2v) is 5.69. The maximum Gasteiger partial charge on any atom is 0.318 e. The third kappa shape index (κ3) is 3.39. The van der Waals surface area contributed by atoms with E-state index in [2.05, 4.69) is 10.3 Å². The van der Waals surface area contributed by atoms with Gasteiger partial charge in [0.2, 0.25) is 5.91 Å². The smallest absolute Gasteiger partial charge is 0.318 e. The summed E-state index contributed by atoms with van der Waals surface area (Å²) in [5.41, 5.74) is -0.00356. The van der Waals surface area contributed by atoms with Crippen LogP contribution in [0.15, 0.2) is 52.2 Å². The molecule has 2 heterocycles. The number of hydrogen-bond donors (Lipinski definition) is 1. The predicted molar refractivity (Wildman–Crippen MR) is 94.2 cm³/mol. The molecule has 0 atom stereocenters. The number of rotatable bonds is 5. The maximum absolute atomic E-state index is 12.9. The molecule has 0 aliphatic carbocycles. The first-order valence-corrected chi connectivity index (χ1v) is 8.10. The molecule has 0 radical (unpaired) electrons. The molecule has 0 unspecified atom stereocenters. The first kappa shape index (κ1) is 17.5. The molecule has 26 heavy (non-hydrogen) atoms. The number of hydrogen-bond acceptors (Lipinski definition) is 4. The molecule has 134 valence electrons. The van der Waals surface area contributed by atoms with Crippen LogP contribution in [0.2, 0.25) is 0 Å². The Balaban J connectivity index is 1.87. The molecule has 8 heteroatoms. The third-order valence-electron chi connectivity index (χ3n) is 4.01. The number of carbonyl (C=O) groups is 1. The van der Waals surface area contributed by atoms with Crippen molar-refractivity contribution >= 4 is 17.1 Å². The van der Waals surface area contributed by atoms with E-state index >= 15 is 0 Å². The molecule has 1 N–H and O–H groups in total. The largest absolute Gasteiger partial charge is 0.350 e. The van der Waals surface area contributed by atoms with Crippen LogP contribution in [-0.2, 0) is 24.4 Å². The summed E-state index contributed by atoms with van der Waals surface area (Å²) in [6.07, 6.45) is 1.53. The Bertz CT molecular complexity index is 1070. The summed E-state index contributed by atoms with van der Waals surface area (Å²) in [4.78, 5) is 41.0. The molecular weight excluding hydrogens is 339 g/mol. The number of aromatic nitrogens is 3. The molecule has 0 fully saturated rings. The zero-order chi connectivity index (χ0) is 18.7. The summed E-state index contributed by atoms with van der Waals surface area (Å²) in [6, 6.07) is 9.00. The van der Waals surface area contributed by atoms with Crippen molar-refractivity contribution in [2.45, 2.75) is 26.6 Å². The zero-order valence-corrected chi connectivity index (χ0v) is 14.1. The topological polar surface area (TPSA) is 86.0 Å². The Labute approximate surface area is 147 Å².